The third-order valence-electron chi connectivity index (χ3n) is 8.94. The fraction of sp³-hybridized carbons (Fsp3) is 0.667. The summed E-state index contributed by atoms with van der Waals surface area (Å²) in [5.41, 5.74) is -0.175. The minimum atomic E-state index is -1.21. The third-order valence-corrected chi connectivity index (χ3v) is 8.94. The molecule has 14 heteroatoms. The van der Waals surface area contributed by atoms with Gasteiger partial charge in [-0.25, -0.2) is 4.79 Å². The van der Waals surface area contributed by atoms with Crippen molar-refractivity contribution in [3.05, 3.63) is 35.9 Å². The van der Waals surface area contributed by atoms with E-state index in [2.05, 4.69) is 35.1 Å². The summed E-state index contributed by atoms with van der Waals surface area (Å²) in [4.78, 5) is 96.0. The molecule has 1 aromatic carbocycles. The summed E-state index contributed by atoms with van der Waals surface area (Å²) in [5, 5.41) is 10.4. The van der Waals surface area contributed by atoms with Gasteiger partial charge in [0.2, 0.25) is 29.4 Å². The van der Waals surface area contributed by atoms with Gasteiger partial charge in [0.25, 0.3) is 5.91 Å². The van der Waals surface area contributed by atoms with Gasteiger partial charge in [0.15, 0.2) is 0 Å². The average molecular weight is 743 g/mol. The van der Waals surface area contributed by atoms with Crippen LogP contribution in [0.3, 0.4) is 0 Å². The first-order valence-corrected chi connectivity index (χ1v) is 18.7. The van der Waals surface area contributed by atoms with Crippen LogP contribution in [0.1, 0.15) is 99.1 Å². The van der Waals surface area contributed by atoms with Gasteiger partial charge in [-0.05, 0) is 48.0 Å². The number of ketones is 1. The largest absolute Gasteiger partial charge is 0.449 e. The number of hydrogen-bond donors (Lipinski definition) is 4. The predicted molar refractivity (Wildman–Crippen MR) is 201 cm³/mol. The molecule has 0 spiro atoms. The molecule has 1 saturated heterocycles. The van der Waals surface area contributed by atoms with Crippen LogP contribution in [0.2, 0.25) is 0 Å². The van der Waals surface area contributed by atoms with Crippen molar-refractivity contribution in [2.75, 3.05) is 33.8 Å². The molecule has 2 rings (SSSR count). The van der Waals surface area contributed by atoms with Gasteiger partial charge < -0.3 is 35.8 Å². The number of amides is 6. The lowest BCUT2D eigenvalue weighted by atomic mass is 9.85. The number of Topliss-reactive ketones (excluding diaryl/α,β-unsaturated/α-hetero) is 1. The molecule has 1 aliphatic heterocycles. The zero-order chi connectivity index (χ0) is 40.0. The van der Waals surface area contributed by atoms with Crippen LogP contribution in [0.4, 0.5) is 4.79 Å². The molecule has 1 unspecified atom stereocenters. The van der Waals surface area contributed by atoms with Gasteiger partial charge in [-0.2, -0.15) is 0 Å². The first-order chi connectivity index (χ1) is 24.8. The number of likely N-dealkylation sites (tertiary alicyclic amines) is 1. The zero-order valence-corrected chi connectivity index (χ0v) is 33.2. The molecular formula is C39H62N6O8. The Hall–Kier alpha value is -4.49. The van der Waals surface area contributed by atoms with Crippen molar-refractivity contribution in [3.8, 4) is 0 Å². The van der Waals surface area contributed by atoms with Gasteiger partial charge in [-0.1, -0.05) is 98.6 Å². The normalized spacial score (nSPS) is 17.4. The number of alkyl carbamates (subject to hydrolysis) is 1. The molecule has 6 amide bonds. The van der Waals surface area contributed by atoms with E-state index < -0.39 is 71.6 Å². The van der Waals surface area contributed by atoms with E-state index in [1.165, 1.54) is 9.80 Å². The van der Waals surface area contributed by atoms with E-state index in [0.29, 0.717) is 30.7 Å². The van der Waals surface area contributed by atoms with E-state index >= 15 is 0 Å². The van der Waals surface area contributed by atoms with Crippen LogP contribution < -0.4 is 21.3 Å². The van der Waals surface area contributed by atoms with Crippen molar-refractivity contribution < 1.29 is 38.3 Å². The molecular weight excluding hydrogens is 680 g/mol. The second-order valence-corrected chi connectivity index (χ2v) is 16.1. The third kappa shape index (κ3) is 14.1. The fourth-order valence-electron chi connectivity index (χ4n) is 6.22. The Kier molecular flexibility index (Phi) is 17.4. The highest BCUT2D eigenvalue weighted by molar-refractivity contribution is 6.38. The minimum Gasteiger partial charge on any atom is -0.449 e. The number of unbranched alkanes of at least 4 members (excludes halogenated alkanes) is 1. The number of rotatable bonds is 18. The number of hydrogen-bond acceptors (Lipinski definition) is 8. The maximum absolute atomic E-state index is 14.2. The van der Waals surface area contributed by atoms with E-state index in [9.17, 15) is 33.6 Å². The van der Waals surface area contributed by atoms with Crippen LogP contribution in [0.25, 0.3) is 0 Å². The lowest BCUT2D eigenvalue weighted by Crippen LogP contribution is -2.59. The van der Waals surface area contributed by atoms with Crippen LogP contribution >= 0.6 is 0 Å². The smallest absolute Gasteiger partial charge is 0.407 e. The number of nitrogens with one attached hydrogen (secondary N) is 4. The predicted octanol–water partition coefficient (Wildman–Crippen LogP) is 3.35. The Balaban J connectivity index is 2.24. The van der Waals surface area contributed by atoms with Crippen LogP contribution in [-0.4, -0.2) is 103 Å². The molecule has 53 heavy (non-hydrogen) atoms. The molecule has 0 saturated carbocycles. The molecule has 0 aromatic heterocycles. The molecule has 1 aliphatic rings. The Morgan fingerprint density at radius 1 is 0.925 bits per heavy atom. The van der Waals surface area contributed by atoms with Gasteiger partial charge in [0, 0.05) is 20.6 Å². The Morgan fingerprint density at radius 3 is 2.11 bits per heavy atom. The quantitative estimate of drug-likeness (QED) is 0.165. The van der Waals surface area contributed by atoms with Crippen LogP contribution in [-0.2, 0) is 33.5 Å². The van der Waals surface area contributed by atoms with Crippen molar-refractivity contribution in [1.29, 1.82) is 0 Å². The topological polar surface area (TPSA) is 183 Å². The molecule has 0 radical (unpaired) electrons. The van der Waals surface area contributed by atoms with Crippen molar-refractivity contribution in [2.45, 2.75) is 112 Å². The lowest BCUT2D eigenvalue weighted by molar-refractivity contribution is -0.144. The second kappa shape index (κ2) is 20.7. The highest BCUT2D eigenvalue weighted by Crippen LogP contribution is 2.32. The maximum atomic E-state index is 14.2. The summed E-state index contributed by atoms with van der Waals surface area (Å²) < 4.78 is 5.30. The summed E-state index contributed by atoms with van der Waals surface area (Å²) in [6.45, 7) is 15.2. The number of benzene rings is 1. The fourth-order valence-corrected chi connectivity index (χ4v) is 6.22. The van der Waals surface area contributed by atoms with Crippen LogP contribution in [0.15, 0.2) is 30.3 Å². The first kappa shape index (κ1) is 44.7. The van der Waals surface area contributed by atoms with Crippen molar-refractivity contribution in [1.82, 2.24) is 31.1 Å². The van der Waals surface area contributed by atoms with Crippen LogP contribution in [0.5, 0.6) is 0 Å². The molecule has 4 N–H and O–H groups in total. The lowest BCUT2D eigenvalue weighted by Gasteiger charge is -2.35. The number of ether oxygens (including phenoxy) is 1. The molecule has 0 bridgehead atoms. The summed E-state index contributed by atoms with van der Waals surface area (Å²) in [6, 6.07) is 4.49. The van der Waals surface area contributed by atoms with Gasteiger partial charge in [-0.15, -0.1) is 0 Å². The SMILES string of the molecule is CCCCC(NC(=O)[C@@H]1C[C@@H](CC(C)C)CN1C(=O)[C@@H](NC(=O)OCC(C)C)C(C)(C)C)C(=O)C(=O)NCC(=O)N[C@H](C(=O)N(C)C)c1ccccc1. The van der Waals surface area contributed by atoms with Crippen molar-refractivity contribution >= 4 is 41.4 Å². The van der Waals surface area contributed by atoms with E-state index in [4.69, 9.17) is 4.74 Å². The summed E-state index contributed by atoms with van der Waals surface area (Å²) in [7, 11) is 3.12. The number of likely N-dealkylation sites (N-methyl/N-ethyl adjacent to an activating group) is 1. The Bertz CT molecular complexity index is 1420. The van der Waals surface area contributed by atoms with Crippen molar-refractivity contribution in [3.63, 3.8) is 0 Å². The van der Waals surface area contributed by atoms with Gasteiger partial charge in [0.05, 0.1) is 19.2 Å². The number of carbonyl (C=O) groups is 7. The average Bonchev–Trinajstić information content (AvgIpc) is 3.51. The number of carbonyl (C=O) groups excluding carboxylic acids is 7. The molecule has 1 heterocycles. The maximum Gasteiger partial charge on any atom is 0.407 e. The van der Waals surface area contributed by atoms with E-state index in [1.54, 1.807) is 44.4 Å². The molecule has 0 aliphatic carbocycles. The highest BCUT2D eigenvalue weighted by atomic mass is 16.5. The molecule has 14 nitrogen and oxygen atoms in total. The standard InChI is InChI=1S/C39H62N6O8/c1-11-12-18-28(32(47)35(49)40-21-30(46)42-31(36(50)44(9)10)27-16-14-13-15-17-27)41-34(48)29-20-26(19-24(2)3)22-45(29)37(51)33(39(6,7)8)43-38(52)53-23-25(4)5/h13-17,24-26,28-29,31,33H,11-12,18-23H2,1-10H3,(H,40,49)(H,41,48)(H,42,46)(H,43,52)/t26-,28?,29+,31+,33-/m1/s1. The van der Waals surface area contributed by atoms with E-state index in [-0.39, 0.29) is 37.3 Å². The summed E-state index contributed by atoms with van der Waals surface area (Å²) >= 11 is 0. The number of nitrogens with zero attached hydrogens (tertiary/aromatic N) is 2. The van der Waals surface area contributed by atoms with E-state index in [0.717, 1.165) is 6.42 Å². The molecule has 1 aromatic rings. The first-order valence-electron chi connectivity index (χ1n) is 18.7. The Morgan fingerprint density at radius 2 is 1.57 bits per heavy atom. The highest BCUT2D eigenvalue weighted by Gasteiger charge is 2.46. The van der Waals surface area contributed by atoms with Gasteiger partial charge in [-0.3, -0.25) is 28.8 Å². The van der Waals surface area contributed by atoms with Crippen molar-refractivity contribution in [2.24, 2.45) is 23.2 Å². The summed E-state index contributed by atoms with van der Waals surface area (Å²) in [6.07, 6.45) is 1.74. The van der Waals surface area contributed by atoms with Gasteiger partial charge >= 0.3 is 6.09 Å². The van der Waals surface area contributed by atoms with Gasteiger partial charge in [0.1, 0.15) is 18.1 Å². The van der Waals surface area contributed by atoms with Crippen LogP contribution in [0, 0.1) is 23.2 Å². The molecule has 296 valence electrons. The Labute approximate surface area is 314 Å². The summed E-state index contributed by atoms with van der Waals surface area (Å²) in [5.74, 6) is -3.68. The van der Waals surface area contributed by atoms with E-state index in [1.807, 2.05) is 41.5 Å². The second-order valence-electron chi connectivity index (χ2n) is 16.1. The molecule has 1 fully saturated rings. The zero-order valence-electron chi connectivity index (χ0n) is 33.2. The monoisotopic (exact) mass is 742 g/mol. The molecule has 5 atom stereocenters. The minimum absolute atomic E-state index is 0.00564.